The molecule has 2 nitrogen and oxygen atoms in total. The maximum Gasteiger partial charge on any atom is 0.0964 e. The van der Waals surface area contributed by atoms with Gasteiger partial charge in [0.05, 0.1) is 10.7 Å². The van der Waals surface area contributed by atoms with Crippen LogP contribution < -0.4 is 0 Å². The van der Waals surface area contributed by atoms with E-state index in [-0.39, 0.29) is 0 Å². The fourth-order valence-electron chi connectivity index (χ4n) is 1.84. The van der Waals surface area contributed by atoms with Gasteiger partial charge in [0.15, 0.2) is 0 Å². The largest absolute Gasteiger partial charge is 0.385 e. The molecule has 2 aromatic rings. The number of pyridine rings is 1. The van der Waals surface area contributed by atoms with Gasteiger partial charge in [-0.25, -0.2) is 4.98 Å². The molecule has 1 aromatic heterocycles. The fourth-order valence-corrected chi connectivity index (χ4v) is 3.01. The Balaban J connectivity index is 2.01. The minimum Gasteiger partial charge on any atom is -0.385 e. The molecule has 0 fully saturated rings. The first-order valence-electron chi connectivity index (χ1n) is 6.60. The van der Waals surface area contributed by atoms with Gasteiger partial charge >= 0.3 is 0 Å². The molecule has 2 rings (SSSR count). The molecule has 20 heavy (non-hydrogen) atoms. The van der Waals surface area contributed by atoms with Crippen LogP contribution in [0.25, 0.3) is 0 Å². The van der Waals surface area contributed by atoms with Crippen LogP contribution in [-0.4, -0.2) is 24.5 Å². The Hall–Kier alpha value is -0.840. The quantitative estimate of drug-likeness (QED) is 0.539. The van der Waals surface area contributed by atoms with Crippen molar-refractivity contribution in [3.05, 3.63) is 58.2 Å². The van der Waals surface area contributed by atoms with Gasteiger partial charge in [-0.3, -0.25) is 0 Å². The van der Waals surface area contributed by atoms with Crippen LogP contribution >= 0.6 is 27.7 Å². The molecule has 0 saturated carbocycles. The molecule has 0 N–H and O–H groups in total. The molecule has 0 aliphatic rings. The van der Waals surface area contributed by atoms with E-state index < -0.39 is 0 Å². The molecule has 0 aliphatic heterocycles. The Morgan fingerprint density at radius 3 is 2.70 bits per heavy atom. The van der Waals surface area contributed by atoms with Gasteiger partial charge in [-0.2, -0.15) is 0 Å². The van der Waals surface area contributed by atoms with Crippen LogP contribution in [0.4, 0.5) is 0 Å². The van der Waals surface area contributed by atoms with Crippen molar-refractivity contribution in [3.63, 3.8) is 0 Å². The molecule has 0 aliphatic carbocycles. The maximum absolute atomic E-state index is 5.06. The Bertz CT molecular complexity index is 533. The van der Waals surface area contributed by atoms with Crippen LogP contribution in [0.15, 0.2) is 52.0 Å². The summed E-state index contributed by atoms with van der Waals surface area (Å²) in [7, 11) is 1.74. The number of hydrogen-bond donors (Lipinski definition) is 0. The smallest absolute Gasteiger partial charge is 0.0964 e. The van der Waals surface area contributed by atoms with E-state index in [1.54, 1.807) is 18.9 Å². The molecule has 0 unspecified atom stereocenters. The summed E-state index contributed by atoms with van der Waals surface area (Å²) in [5.74, 6) is 1.03. The van der Waals surface area contributed by atoms with Crippen molar-refractivity contribution in [2.24, 2.45) is 0 Å². The van der Waals surface area contributed by atoms with Crippen LogP contribution in [0.5, 0.6) is 0 Å². The third-order valence-electron chi connectivity index (χ3n) is 2.85. The van der Waals surface area contributed by atoms with Crippen molar-refractivity contribution >= 4 is 27.7 Å². The monoisotopic (exact) mass is 351 g/mol. The number of thioether (sulfide) groups is 1. The normalized spacial score (nSPS) is 10.7. The lowest BCUT2D eigenvalue weighted by molar-refractivity contribution is 0.200. The summed E-state index contributed by atoms with van der Waals surface area (Å²) in [6.07, 6.45) is 1.90. The minimum absolute atomic E-state index is 0.806. The third-order valence-corrected chi connectivity index (χ3v) is 4.59. The van der Waals surface area contributed by atoms with Crippen molar-refractivity contribution < 1.29 is 4.74 Å². The molecule has 0 bridgehead atoms. The van der Waals surface area contributed by atoms with Gasteiger partial charge in [-0.1, -0.05) is 30.3 Å². The molecule has 4 heteroatoms. The molecular formula is C16H18BrNOS. The van der Waals surface area contributed by atoms with E-state index in [1.165, 1.54) is 5.56 Å². The summed E-state index contributed by atoms with van der Waals surface area (Å²) in [5, 5.41) is 1.08. The van der Waals surface area contributed by atoms with Crippen LogP contribution in [0.2, 0.25) is 0 Å². The second-order valence-electron chi connectivity index (χ2n) is 4.44. The Kier molecular flexibility index (Phi) is 6.57. The highest BCUT2D eigenvalue weighted by Crippen LogP contribution is 2.23. The van der Waals surface area contributed by atoms with Crippen molar-refractivity contribution in [2.75, 3.05) is 19.5 Å². The fraction of sp³-hybridized carbons (Fsp3) is 0.312. The Morgan fingerprint density at radius 1 is 1.15 bits per heavy atom. The average Bonchev–Trinajstić information content (AvgIpc) is 2.48. The zero-order valence-corrected chi connectivity index (χ0v) is 13.9. The van der Waals surface area contributed by atoms with Crippen LogP contribution in [0, 0.1) is 0 Å². The third kappa shape index (κ3) is 4.93. The summed E-state index contributed by atoms with van der Waals surface area (Å²) in [4.78, 5) is 4.74. The highest BCUT2D eigenvalue weighted by molar-refractivity contribution is 9.10. The zero-order chi connectivity index (χ0) is 14.2. The summed E-state index contributed by atoms with van der Waals surface area (Å²) in [6, 6.07) is 14.6. The zero-order valence-electron chi connectivity index (χ0n) is 11.5. The number of halogens is 1. The summed E-state index contributed by atoms with van der Waals surface area (Å²) in [6.45, 7) is 0.806. The highest BCUT2D eigenvalue weighted by Gasteiger charge is 2.05. The molecule has 0 atom stereocenters. The SMILES string of the molecule is COCCCSc1ccc(Br)c(Cc2ccccc2)n1. The van der Waals surface area contributed by atoms with Gasteiger partial charge in [0.25, 0.3) is 0 Å². The summed E-state index contributed by atoms with van der Waals surface area (Å²) >= 11 is 5.37. The molecule has 1 heterocycles. The molecule has 0 radical (unpaired) electrons. The second-order valence-corrected chi connectivity index (χ2v) is 6.40. The predicted molar refractivity (Wildman–Crippen MR) is 88.4 cm³/mol. The molecule has 0 spiro atoms. The van der Waals surface area contributed by atoms with Crippen LogP contribution in [0.3, 0.4) is 0 Å². The van der Waals surface area contributed by atoms with Crippen LogP contribution in [0.1, 0.15) is 17.7 Å². The number of nitrogens with zero attached hydrogens (tertiary/aromatic N) is 1. The molecular weight excluding hydrogens is 334 g/mol. The van der Waals surface area contributed by atoms with Crippen molar-refractivity contribution in [1.82, 2.24) is 4.98 Å². The lowest BCUT2D eigenvalue weighted by Crippen LogP contribution is -1.96. The highest BCUT2D eigenvalue weighted by atomic mass is 79.9. The summed E-state index contributed by atoms with van der Waals surface area (Å²) < 4.78 is 6.13. The average molecular weight is 352 g/mol. The van der Waals surface area contributed by atoms with Crippen molar-refractivity contribution in [2.45, 2.75) is 17.9 Å². The van der Waals surface area contributed by atoms with E-state index in [4.69, 9.17) is 9.72 Å². The van der Waals surface area contributed by atoms with Crippen molar-refractivity contribution in [3.8, 4) is 0 Å². The van der Waals surface area contributed by atoms with Gasteiger partial charge in [-0.05, 0) is 40.0 Å². The lowest BCUT2D eigenvalue weighted by Gasteiger charge is -2.07. The number of methoxy groups -OCH3 is 1. The molecule has 0 saturated heterocycles. The minimum atomic E-state index is 0.806. The first-order chi connectivity index (χ1) is 9.79. The number of aromatic nitrogens is 1. The van der Waals surface area contributed by atoms with Crippen molar-refractivity contribution in [1.29, 1.82) is 0 Å². The van der Waals surface area contributed by atoms with E-state index in [9.17, 15) is 0 Å². The first-order valence-corrected chi connectivity index (χ1v) is 8.38. The van der Waals surface area contributed by atoms with E-state index >= 15 is 0 Å². The number of rotatable bonds is 7. The van der Waals surface area contributed by atoms with Gasteiger partial charge in [-0.15, -0.1) is 11.8 Å². The molecule has 106 valence electrons. The van der Waals surface area contributed by atoms with E-state index in [0.717, 1.165) is 40.4 Å². The molecule has 0 amide bonds. The van der Waals surface area contributed by atoms with Gasteiger partial charge in [0, 0.05) is 30.4 Å². The Morgan fingerprint density at radius 2 is 1.95 bits per heavy atom. The number of hydrogen-bond acceptors (Lipinski definition) is 3. The van der Waals surface area contributed by atoms with E-state index in [0.29, 0.717) is 0 Å². The standard InChI is InChI=1S/C16H18BrNOS/c1-19-10-5-11-20-16-9-8-14(17)15(18-16)12-13-6-3-2-4-7-13/h2-4,6-9H,5,10-12H2,1H3. The lowest BCUT2D eigenvalue weighted by atomic mass is 10.1. The van der Waals surface area contributed by atoms with Gasteiger partial charge in [0.2, 0.25) is 0 Å². The number of ether oxygens (including phenoxy) is 1. The second kappa shape index (κ2) is 8.45. The van der Waals surface area contributed by atoms with E-state index in [2.05, 4.69) is 52.3 Å². The topological polar surface area (TPSA) is 22.1 Å². The first kappa shape index (κ1) is 15.5. The van der Waals surface area contributed by atoms with Crippen LogP contribution in [-0.2, 0) is 11.2 Å². The van der Waals surface area contributed by atoms with Gasteiger partial charge < -0.3 is 4.74 Å². The van der Waals surface area contributed by atoms with E-state index in [1.807, 2.05) is 6.07 Å². The summed E-state index contributed by atoms with van der Waals surface area (Å²) in [5.41, 5.74) is 2.37. The van der Waals surface area contributed by atoms with Gasteiger partial charge in [0.1, 0.15) is 0 Å². The molecule has 1 aromatic carbocycles. The number of benzene rings is 1. The maximum atomic E-state index is 5.06. The Labute approximate surface area is 133 Å². The predicted octanol–water partition coefficient (Wildman–Crippen LogP) is 4.56.